The van der Waals surface area contributed by atoms with E-state index in [-0.39, 0.29) is 4.70 Å². The molecule has 0 amide bonds. The Hall–Kier alpha value is -0.0131. The number of rotatable bonds is 3. The van der Waals surface area contributed by atoms with Crippen LogP contribution in [0, 0.1) is 0 Å². The lowest BCUT2D eigenvalue weighted by atomic mass is 11.8. The van der Waals surface area contributed by atoms with E-state index in [9.17, 15) is 0 Å². The first-order valence-corrected chi connectivity index (χ1v) is 3.73. The molecule has 0 aliphatic rings. The first-order valence-electron chi connectivity index (χ1n) is 2.06. The van der Waals surface area contributed by atoms with Crippen LogP contribution < -0.4 is 0 Å². The maximum Gasteiger partial charge on any atom is 0.676 e. The molecule has 0 aromatic rings. The molecule has 6 heteroatoms. The van der Waals surface area contributed by atoms with Gasteiger partial charge in [0.2, 0.25) is 0 Å². The molecule has 1 N–H and O–H groups in total. The van der Waals surface area contributed by atoms with Crippen LogP contribution in [0.4, 0.5) is 4.70 Å². The molecule has 0 heterocycles. The first kappa shape index (κ1) is 11.7. The van der Waals surface area contributed by atoms with E-state index in [4.69, 9.17) is 4.80 Å². The van der Waals surface area contributed by atoms with Gasteiger partial charge in [-0.15, -0.1) is 0 Å². The summed E-state index contributed by atoms with van der Waals surface area (Å²) in [7, 11) is 0.826. The van der Waals surface area contributed by atoms with Gasteiger partial charge in [-0.2, -0.15) is 0 Å². The Balaban J connectivity index is 0. The van der Waals surface area contributed by atoms with Crippen LogP contribution in [0.15, 0.2) is 0 Å². The zero-order valence-electron chi connectivity index (χ0n) is 5.58. The van der Waals surface area contributed by atoms with E-state index in [1.54, 1.807) is 0 Å². The van der Waals surface area contributed by atoms with Gasteiger partial charge in [-0.1, -0.05) is 0 Å². The van der Waals surface area contributed by atoms with E-state index in [0.717, 1.165) is 0 Å². The zero-order valence-corrected chi connectivity index (χ0v) is 6.58. The highest BCUT2D eigenvalue weighted by Crippen LogP contribution is 1.97. The molecule has 0 saturated carbocycles. The highest BCUT2D eigenvalue weighted by Gasteiger charge is 2.36. The standard InChI is InChI=1S/C3H10O4Si.FH/c1-5-8(4,6-2)7-3;/h4H,1-3H3;1H. The highest BCUT2D eigenvalue weighted by molar-refractivity contribution is 6.51. The van der Waals surface area contributed by atoms with Gasteiger partial charge in [-0.3, -0.25) is 4.70 Å². The lowest BCUT2D eigenvalue weighted by Gasteiger charge is -2.14. The second kappa shape index (κ2) is 4.83. The summed E-state index contributed by atoms with van der Waals surface area (Å²) in [5.74, 6) is 0. The molecule has 58 valence electrons. The van der Waals surface area contributed by atoms with Gasteiger partial charge in [0.25, 0.3) is 0 Å². The van der Waals surface area contributed by atoms with Crippen LogP contribution in [-0.4, -0.2) is 35.2 Å². The summed E-state index contributed by atoms with van der Waals surface area (Å²) >= 11 is 0. The van der Waals surface area contributed by atoms with E-state index in [1.165, 1.54) is 21.3 Å². The normalized spacial score (nSPS) is 10.7. The molecule has 0 rings (SSSR count). The molecule has 0 spiro atoms. The van der Waals surface area contributed by atoms with Crippen LogP contribution in [0.2, 0.25) is 0 Å². The lowest BCUT2D eigenvalue weighted by molar-refractivity contribution is 0.0418. The molecule has 0 aliphatic heterocycles. The maximum atomic E-state index is 8.91. The van der Waals surface area contributed by atoms with E-state index >= 15 is 0 Å². The Morgan fingerprint density at radius 2 is 1.22 bits per heavy atom. The number of hydrogen-bond donors (Lipinski definition) is 1. The van der Waals surface area contributed by atoms with Crippen molar-refractivity contribution < 1.29 is 22.8 Å². The summed E-state index contributed by atoms with van der Waals surface area (Å²) in [5.41, 5.74) is 0. The van der Waals surface area contributed by atoms with Crippen molar-refractivity contribution in [3.63, 3.8) is 0 Å². The van der Waals surface area contributed by atoms with Crippen LogP contribution >= 0.6 is 0 Å². The minimum Gasteiger partial charge on any atom is -0.367 e. The molecule has 0 bridgehead atoms. The molecule has 0 radical (unpaired) electrons. The van der Waals surface area contributed by atoms with Crippen molar-refractivity contribution in [3.8, 4) is 0 Å². The molecule has 4 nitrogen and oxygen atoms in total. The minimum absolute atomic E-state index is 0. The molecule has 0 atom stereocenters. The molecule has 0 aromatic carbocycles. The van der Waals surface area contributed by atoms with Gasteiger partial charge in [0, 0.05) is 21.3 Å². The third-order valence-electron chi connectivity index (χ3n) is 0.774. The highest BCUT2D eigenvalue weighted by atomic mass is 28.4. The first-order chi connectivity index (χ1) is 3.68. The van der Waals surface area contributed by atoms with Crippen LogP contribution in [0.3, 0.4) is 0 Å². The summed E-state index contributed by atoms with van der Waals surface area (Å²) in [6, 6.07) is 0. The Morgan fingerprint density at radius 1 is 1.00 bits per heavy atom. The average Bonchev–Trinajstić information content (AvgIpc) is 1.87. The van der Waals surface area contributed by atoms with Crippen LogP contribution in [-0.2, 0) is 13.3 Å². The maximum absolute atomic E-state index is 8.91. The van der Waals surface area contributed by atoms with Crippen molar-refractivity contribution >= 4 is 9.05 Å². The Morgan fingerprint density at radius 3 is 1.22 bits per heavy atom. The number of halogens is 1. The van der Waals surface area contributed by atoms with E-state index in [1.807, 2.05) is 0 Å². The number of hydrogen-bond acceptors (Lipinski definition) is 4. The summed E-state index contributed by atoms with van der Waals surface area (Å²) in [6.45, 7) is 0. The lowest BCUT2D eigenvalue weighted by Crippen LogP contribution is -2.42. The van der Waals surface area contributed by atoms with Gasteiger partial charge in [0.05, 0.1) is 0 Å². The second-order valence-electron chi connectivity index (χ2n) is 1.14. The van der Waals surface area contributed by atoms with E-state index in [2.05, 4.69) is 13.3 Å². The Labute approximate surface area is 54.2 Å². The van der Waals surface area contributed by atoms with Gasteiger partial charge in [-0.25, -0.2) is 0 Å². The third-order valence-corrected chi connectivity index (χ3v) is 2.32. The predicted molar refractivity (Wildman–Crippen MR) is 31.5 cm³/mol. The van der Waals surface area contributed by atoms with E-state index < -0.39 is 9.05 Å². The van der Waals surface area contributed by atoms with Gasteiger partial charge in [-0.05, 0) is 0 Å². The smallest absolute Gasteiger partial charge is 0.367 e. The molecule has 0 aliphatic carbocycles. The van der Waals surface area contributed by atoms with Crippen molar-refractivity contribution in [2.75, 3.05) is 21.3 Å². The van der Waals surface area contributed by atoms with Crippen LogP contribution in [0.1, 0.15) is 0 Å². The van der Waals surface area contributed by atoms with Crippen molar-refractivity contribution in [1.82, 2.24) is 0 Å². The summed E-state index contributed by atoms with van der Waals surface area (Å²) in [4.78, 5) is 8.91. The Bertz CT molecular complexity index is 58.6. The molecule has 9 heavy (non-hydrogen) atoms. The monoisotopic (exact) mass is 158 g/mol. The minimum atomic E-state index is -3.17. The second-order valence-corrected chi connectivity index (χ2v) is 3.41. The van der Waals surface area contributed by atoms with Gasteiger partial charge >= 0.3 is 9.05 Å². The topological polar surface area (TPSA) is 47.9 Å². The molecular weight excluding hydrogens is 147 g/mol. The molecular formula is C3H11FO4Si. The fraction of sp³-hybridized carbons (Fsp3) is 1.00. The average molecular weight is 158 g/mol. The molecule has 0 saturated heterocycles. The SMILES string of the molecule is CO[Si](O)(OC)OC.F. The van der Waals surface area contributed by atoms with Gasteiger partial charge in [0.1, 0.15) is 0 Å². The summed E-state index contributed by atoms with van der Waals surface area (Å²) in [6.07, 6.45) is 0. The van der Waals surface area contributed by atoms with E-state index in [0.29, 0.717) is 0 Å². The van der Waals surface area contributed by atoms with Gasteiger partial charge in [0.15, 0.2) is 0 Å². The van der Waals surface area contributed by atoms with Crippen molar-refractivity contribution in [2.24, 2.45) is 0 Å². The van der Waals surface area contributed by atoms with Crippen molar-refractivity contribution in [3.05, 3.63) is 0 Å². The largest absolute Gasteiger partial charge is 0.676 e. The molecule has 0 fully saturated rings. The summed E-state index contributed by atoms with van der Waals surface area (Å²) in [5, 5.41) is 0. The third kappa shape index (κ3) is 3.54. The summed E-state index contributed by atoms with van der Waals surface area (Å²) < 4.78 is 13.5. The van der Waals surface area contributed by atoms with Crippen LogP contribution in [0.5, 0.6) is 0 Å². The molecule has 0 unspecified atom stereocenters. The zero-order chi connectivity index (χ0) is 6.62. The molecule has 0 aromatic heterocycles. The fourth-order valence-corrected chi connectivity index (χ4v) is 0.750. The predicted octanol–water partition coefficient (Wildman–Crippen LogP) is -0.494. The van der Waals surface area contributed by atoms with Gasteiger partial charge < -0.3 is 18.1 Å². The van der Waals surface area contributed by atoms with Crippen molar-refractivity contribution in [1.29, 1.82) is 0 Å². The Kier molecular flexibility index (Phi) is 6.30. The quantitative estimate of drug-likeness (QED) is 0.563. The van der Waals surface area contributed by atoms with Crippen molar-refractivity contribution in [2.45, 2.75) is 0 Å². The van der Waals surface area contributed by atoms with Crippen LogP contribution in [0.25, 0.3) is 0 Å². The fourth-order valence-electron chi connectivity index (χ4n) is 0.250.